The molecule has 0 aliphatic rings. The Labute approximate surface area is 91.8 Å². The maximum Gasteiger partial charge on any atom is 0.335 e. The van der Waals surface area contributed by atoms with Crippen molar-refractivity contribution in [2.45, 2.75) is 6.42 Å². The summed E-state index contributed by atoms with van der Waals surface area (Å²) in [5, 5.41) is 8.69. The molecule has 5 N–H and O–H groups in total. The summed E-state index contributed by atoms with van der Waals surface area (Å²) in [7, 11) is 0. The van der Waals surface area contributed by atoms with Crippen LogP contribution in [0, 0.1) is 0 Å². The van der Waals surface area contributed by atoms with Crippen LogP contribution in [-0.4, -0.2) is 23.6 Å². The van der Waals surface area contributed by atoms with E-state index in [9.17, 15) is 9.59 Å². The smallest absolute Gasteiger partial charge is 0.335 e. The van der Waals surface area contributed by atoms with Gasteiger partial charge >= 0.3 is 5.97 Å². The molecule has 0 aromatic heterocycles. The minimum Gasteiger partial charge on any atom is -0.491 e. The number of anilines is 1. The summed E-state index contributed by atoms with van der Waals surface area (Å²) in [5.41, 5.74) is 10.8. The monoisotopic (exact) mass is 224 g/mol. The predicted molar refractivity (Wildman–Crippen MR) is 57.1 cm³/mol. The van der Waals surface area contributed by atoms with Crippen LogP contribution in [0.5, 0.6) is 5.75 Å². The minimum atomic E-state index is -1.06. The zero-order valence-corrected chi connectivity index (χ0v) is 8.47. The van der Waals surface area contributed by atoms with E-state index in [0.717, 1.165) is 0 Å². The average molecular weight is 224 g/mol. The van der Waals surface area contributed by atoms with Gasteiger partial charge in [0.15, 0.2) is 0 Å². The van der Waals surface area contributed by atoms with Crippen LogP contribution >= 0.6 is 0 Å². The molecule has 0 unspecified atom stereocenters. The van der Waals surface area contributed by atoms with Gasteiger partial charge in [0.1, 0.15) is 5.75 Å². The van der Waals surface area contributed by atoms with Gasteiger partial charge in [-0.15, -0.1) is 0 Å². The van der Waals surface area contributed by atoms with Crippen molar-refractivity contribution in [2.75, 3.05) is 12.3 Å². The van der Waals surface area contributed by atoms with Crippen molar-refractivity contribution >= 4 is 17.6 Å². The third kappa shape index (κ3) is 3.16. The predicted octanol–water partition coefficient (Wildman–Crippen LogP) is 0.221. The van der Waals surface area contributed by atoms with E-state index in [4.69, 9.17) is 21.3 Å². The number of hydrogen-bond donors (Lipinski definition) is 3. The van der Waals surface area contributed by atoms with E-state index >= 15 is 0 Å². The number of aromatic carboxylic acids is 1. The van der Waals surface area contributed by atoms with Gasteiger partial charge in [-0.1, -0.05) is 0 Å². The van der Waals surface area contributed by atoms with Gasteiger partial charge in [-0.05, 0) is 18.2 Å². The van der Waals surface area contributed by atoms with Crippen molar-refractivity contribution in [3.63, 3.8) is 0 Å². The molecule has 6 heteroatoms. The first-order chi connectivity index (χ1) is 7.50. The fraction of sp³-hybridized carbons (Fsp3) is 0.200. The number of primary amides is 1. The standard InChI is InChI=1S/C10H12N2O4/c11-7-5-6(10(14)15)1-2-8(7)16-4-3-9(12)13/h1-2,5H,3-4,11H2,(H2,12,13)(H,14,15). The molecule has 0 radical (unpaired) electrons. The summed E-state index contributed by atoms with van der Waals surface area (Å²) >= 11 is 0. The lowest BCUT2D eigenvalue weighted by Crippen LogP contribution is -2.15. The SMILES string of the molecule is NC(=O)CCOc1ccc(C(=O)O)cc1N. The largest absolute Gasteiger partial charge is 0.491 e. The second-order valence-electron chi connectivity index (χ2n) is 3.12. The van der Waals surface area contributed by atoms with Crippen LogP contribution in [0.3, 0.4) is 0 Å². The average Bonchev–Trinajstić information content (AvgIpc) is 2.19. The lowest BCUT2D eigenvalue weighted by molar-refractivity contribution is -0.118. The zero-order chi connectivity index (χ0) is 12.1. The molecule has 6 nitrogen and oxygen atoms in total. The Morgan fingerprint density at radius 1 is 1.38 bits per heavy atom. The van der Waals surface area contributed by atoms with Gasteiger partial charge < -0.3 is 21.3 Å². The molecule has 1 aromatic rings. The van der Waals surface area contributed by atoms with Crippen LogP contribution < -0.4 is 16.2 Å². The molecule has 0 saturated heterocycles. The number of amides is 1. The molecule has 0 spiro atoms. The molecule has 0 heterocycles. The Balaban J connectivity index is 2.68. The molecule has 1 amide bonds. The molecule has 0 fully saturated rings. The highest BCUT2D eigenvalue weighted by Gasteiger charge is 2.07. The van der Waals surface area contributed by atoms with Crippen LogP contribution in [-0.2, 0) is 4.79 Å². The first-order valence-corrected chi connectivity index (χ1v) is 4.54. The molecule has 1 aromatic carbocycles. The van der Waals surface area contributed by atoms with Crippen molar-refractivity contribution in [1.29, 1.82) is 0 Å². The number of benzene rings is 1. The van der Waals surface area contributed by atoms with Crippen molar-refractivity contribution < 1.29 is 19.4 Å². The molecule has 0 aliphatic heterocycles. The maximum absolute atomic E-state index is 10.6. The van der Waals surface area contributed by atoms with E-state index in [-0.39, 0.29) is 24.3 Å². The lowest BCUT2D eigenvalue weighted by atomic mass is 10.2. The maximum atomic E-state index is 10.6. The summed E-state index contributed by atoms with van der Waals surface area (Å²) in [4.78, 5) is 21.1. The molecular formula is C10H12N2O4. The van der Waals surface area contributed by atoms with E-state index in [2.05, 4.69) is 0 Å². The Morgan fingerprint density at radius 2 is 2.06 bits per heavy atom. The van der Waals surface area contributed by atoms with Crippen LogP contribution in [0.1, 0.15) is 16.8 Å². The quantitative estimate of drug-likeness (QED) is 0.619. The number of carboxylic acids is 1. The number of ether oxygens (including phenoxy) is 1. The van der Waals surface area contributed by atoms with Gasteiger partial charge in [0.05, 0.1) is 24.3 Å². The highest BCUT2D eigenvalue weighted by Crippen LogP contribution is 2.22. The molecule has 0 saturated carbocycles. The van der Waals surface area contributed by atoms with E-state index in [0.29, 0.717) is 5.75 Å². The van der Waals surface area contributed by atoms with E-state index in [1.807, 2.05) is 0 Å². The topological polar surface area (TPSA) is 116 Å². The number of nitrogens with two attached hydrogens (primary N) is 2. The molecule has 0 atom stereocenters. The van der Waals surface area contributed by atoms with E-state index in [1.54, 1.807) is 0 Å². The molecule has 1 rings (SSSR count). The lowest BCUT2D eigenvalue weighted by Gasteiger charge is -2.08. The third-order valence-corrected chi connectivity index (χ3v) is 1.86. The number of hydrogen-bond acceptors (Lipinski definition) is 4. The number of carboxylic acid groups (broad SMARTS) is 1. The Hall–Kier alpha value is -2.24. The van der Waals surface area contributed by atoms with Crippen LogP contribution in [0.2, 0.25) is 0 Å². The summed E-state index contributed by atoms with van der Waals surface area (Å²) in [6.45, 7) is 0.117. The first kappa shape index (κ1) is 11.8. The van der Waals surface area contributed by atoms with Crippen LogP contribution in [0.4, 0.5) is 5.69 Å². The highest BCUT2D eigenvalue weighted by atomic mass is 16.5. The number of rotatable bonds is 5. The summed E-state index contributed by atoms with van der Waals surface area (Å²) in [6, 6.07) is 4.11. The minimum absolute atomic E-state index is 0.0831. The van der Waals surface area contributed by atoms with Gasteiger partial charge in [0.2, 0.25) is 5.91 Å². The van der Waals surface area contributed by atoms with Gasteiger partial charge in [0.25, 0.3) is 0 Å². The zero-order valence-electron chi connectivity index (χ0n) is 8.47. The van der Waals surface area contributed by atoms with Crippen molar-refractivity contribution in [2.24, 2.45) is 5.73 Å². The van der Waals surface area contributed by atoms with Gasteiger partial charge in [-0.2, -0.15) is 0 Å². The van der Waals surface area contributed by atoms with Gasteiger partial charge in [0, 0.05) is 0 Å². The number of nitrogen functional groups attached to an aromatic ring is 1. The summed E-state index contributed by atoms with van der Waals surface area (Å²) < 4.78 is 5.16. The molecule has 86 valence electrons. The van der Waals surface area contributed by atoms with Crippen LogP contribution in [0.15, 0.2) is 18.2 Å². The van der Waals surface area contributed by atoms with Gasteiger partial charge in [-0.25, -0.2) is 4.79 Å². The van der Waals surface area contributed by atoms with Gasteiger partial charge in [-0.3, -0.25) is 4.79 Å². The number of carbonyl (C=O) groups excluding carboxylic acids is 1. The summed E-state index contributed by atoms with van der Waals surface area (Å²) in [5.74, 6) is -1.19. The molecular weight excluding hydrogens is 212 g/mol. The van der Waals surface area contributed by atoms with Crippen molar-refractivity contribution in [1.82, 2.24) is 0 Å². The molecule has 16 heavy (non-hydrogen) atoms. The molecule has 0 aliphatic carbocycles. The van der Waals surface area contributed by atoms with Crippen molar-refractivity contribution in [3.8, 4) is 5.75 Å². The van der Waals surface area contributed by atoms with E-state index in [1.165, 1.54) is 18.2 Å². The van der Waals surface area contributed by atoms with Crippen LogP contribution in [0.25, 0.3) is 0 Å². The third-order valence-electron chi connectivity index (χ3n) is 1.86. The normalized spacial score (nSPS) is 9.75. The van der Waals surface area contributed by atoms with E-state index < -0.39 is 11.9 Å². The Kier molecular flexibility index (Phi) is 3.71. The fourth-order valence-corrected chi connectivity index (χ4v) is 1.07. The summed E-state index contributed by atoms with van der Waals surface area (Å²) in [6.07, 6.45) is 0.0835. The Bertz CT molecular complexity index is 417. The fourth-order valence-electron chi connectivity index (χ4n) is 1.07. The highest BCUT2D eigenvalue weighted by molar-refractivity contribution is 5.89. The molecule has 0 bridgehead atoms. The first-order valence-electron chi connectivity index (χ1n) is 4.54. The Morgan fingerprint density at radius 3 is 2.56 bits per heavy atom. The second-order valence-corrected chi connectivity index (χ2v) is 3.12. The number of carbonyl (C=O) groups is 2. The van der Waals surface area contributed by atoms with Crippen molar-refractivity contribution in [3.05, 3.63) is 23.8 Å². The second kappa shape index (κ2) is 5.01.